The van der Waals surface area contributed by atoms with Gasteiger partial charge >= 0.3 is 24.7 Å². The molecule has 0 aromatic carbocycles. The second kappa shape index (κ2) is 5.11. The first-order valence-electron chi connectivity index (χ1n) is 5.00. The molecule has 0 aromatic rings. The van der Waals surface area contributed by atoms with Crippen LogP contribution in [0.15, 0.2) is 0 Å². The van der Waals surface area contributed by atoms with Gasteiger partial charge in [-0.15, -0.1) is 0 Å². The number of rotatable bonds is 2. The van der Waals surface area contributed by atoms with E-state index >= 15 is 0 Å². The summed E-state index contributed by atoms with van der Waals surface area (Å²) in [4.78, 5) is 0. The van der Waals surface area contributed by atoms with Crippen LogP contribution in [-0.2, 0) is 0 Å². The van der Waals surface area contributed by atoms with Crippen LogP contribution in [0.2, 0.25) is 0 Å². The molecule has 0 saturated carbocycles. The van der Waals surface area contributed by atoms with E-state index in [4.69, 9.17) is 0 Å². The fourth-order valence-corrected chi connectivity index (χ4v) is 2.23. The molecular formula is C9H8F12. The molecule has 0 aliphatic heterocycles. The first kappa shape index (κ1) is 20.2. The van der Waals surface area contributed by atoms with Gasteiger partial charge in [0.25, 0.3) is 0 Å². The molecule has 0 N–H and O–H groups in total. The van der Waals surface area contributed by atoms with Gasteiger partial charge in [-0.3, -0.25) is 0 Å². The smallest absolute Gasteiger partial charge is 0.170 e. The molecule has 12 heteroatoms. The summed E-state index contributed by atoms with van der Waals surface area (Å²) in [5, 5.41) is 0. The highest BCUT2D eigenvalue weighted by Gasteiger charge is 2.73. The van der Waals surface area contributed by atoms with E-state index in [0.717, 1.165) is 0 Å². The zero-order valence-corrected chi connectivity index (χ0v) is 10.2. The quantitative estimate of drug-likeness (QED) is 0.581. The second-order valence-electron chi connectivity index (χ2n) is 4.85. The molecule has 0 fully saturated rings. The van der Waals surface area contributed by atoms with Gasteiger partial charge in [0.05, 0.1) is 0 Å². The number of hydrogen-bond acceptors (Lipinski definition) is 0. The van der Waals surface area contributed by atoms with Crippen molar-refractivity contribution >= 4 is 0 Å². The number of hydrogen-bond donors (Lipinski definition) is 0. The lowest BCUT2D eigenvalue weighted by molar-refractivity contribution is -0.368. The highest BCUT2D eigenvalue weighted by molar-refractivity contribution is 4.98. The summed E-state index contributed by atoms with van der Waals surface area (Å²) in [7, 11) is 0. The van der Waals surface area contributed by atoms with Crippen molar-refractivity contribution < 1.29 is 52.7 Å². The lowest BCUT2D eigenvalue weighted by atomic mass is 9.67. The van der Waals surface area contributed by atoms with Crippen LogP contribution >= 0.6 is 0 Å². The predicted octanol–water partition coefficient (Wildman–Crippen LogP) is 5.49. The molecule has 0 heterocycles. The monoisotopic (exact) mass is 344 g/mol. The fourth-order valence-electron chi connectivity index (χ4n) is 2.23. The molecule has 21 heavy (non-hydrogen) atoms. The Bertz CT molecular complexity index is 289. The van der Waals surface area contributed by atoms with Gasteiger partial charge in [0, 0.05) is 5.41 Å². The van der Waals surface area contributed by atoms with Gasteiger partial charge < -0.3 is 0 Å². The minimum Gasteiger partial charge on any atom is -0.170 e. The second-order valence-corrected chi connectivity index (χ2v) is 4.85. The van der Waals surface area contributed by atoms with Gasteiger partial charge in [-0.25, -0.2) is 0 Å². The Morgan fingerprint density at radius 2 is 0.571 bits per heavy atom. The van der Waals surface area contributed by atoms with Crippen LogP contribution in [0, 0.1) is 17.3 Å². The molecule has 0 atom stereocenters. The maximum atomic E-state index is 12.4. The summed E-state index contributed by atoms with van der Waals surface area (Å²) in [6.45, 7) is -0.714. The van der Waals surface area contributed by atoms with Gasteiger partial charge in [0.2, 0.25) is 0 Å². The SMILES string of the molecule is CC(C)(C(C(F)(F)F)C(F)(F)F)C(C(F)(F)F)C(F)(F)F. The molecule has 0 aromatic heterocycles. The van der Waals surface area contributed by atoms with E-state index in [0.29, 0.717) is 0 Å². The van der Waals surface area contributed by atoms with E-state index in [1.807, 2.05) is 0 Å². The van der Waals surface area contributed by atoms with Crippen LogP contribution < -0.4 is 0 Å². The van der Waals surface area contributed by atoms with Crippen molar-refractivity contribution in [3.8, 4) is 0 Å². The Labute approximate surface area is 110 Å². The summed E-state index contributed by atoms with van der Waals surface area (Å²) in [6.07, 6.45) is -25.3. The third-order valence-corrected chi connectivity index (χ3v) is 2.80. The maximum Gasteiger partial charge on any atom is 0.401 e. The van der Waals surface area contributed by atoms with Crippen molar-refractivity contribution in [3.63, 3.8) is 0 Å². The highest BCUT2D eigenvalue weighted by atomic mass is 19.4. The first-order valence-corrected chi connectivity index (χ1v) is 5.00. The van der Waals surface area contributed by atoms with Crippen LogP contribution in [0.1, 0.15) is 13.8 Å². The lowest BCUT2D eigenvalue weighted by Gasteiger charge is -2.43. The molecule has 0 unspecified atom stereocenters. The predicted molar refractivity (Wildman–Crippen MR) is 45.0 cm³/mol. The fraction of sp³-hybridized carbons (Fsp3) is 1.00. The van der Waals surface area contributed by atoms with E-state index in [2.05, 4.69) is 0 Å². The van der Waals surface area contributed by atoms with Crippen LogP contribution in [0.3, 0.4) is 0 Å². The van der Waals surface area contributed by atoms with Crippen molar-refractivity contribution in [2.45, 2.75) is 38.6 Å². The van der Waals surface area contributed by atoms with E-state index in [-0.39, 0.29) is 13.8 Å². The minimum atomic E-state index is -6.32. The Morgan fingerprint density at radius 3 is 0.667 bits per heavy atom. The van der Waals surface area contributed by atoms with Crippen molar-refractivity contribution in [1.82, 2.24) is 0 Å². The van der Waals surface area contributed by atoms with E-state index in [1.54, 1.807) is 0 Å². The standard InChI is InChI=1S/C9H8F12/c1-5(2,3(6(10,11)12)7(13,14)15)4(8(16,17)18)9(19,20)21/h3-4H,1-2H3. The molecule has 0 aliphatic carbocycles. The summed E-state index contributed by atoms with van der Waals surface area (Å²) in [6, 6.07) is 0. The molecule has 0 rings (SSSR count). The normalized spacial score (nSPS) is 16.0. The van der Waals surface area contributed by atoms with E-state index in [1.165, 1.54) is 0 Å². The summed E-state index contributed by atoms with van der Waals surface area (Å²) in [5.74, 6) is -9.57. The Hall–Kier alpha value is -0.840. The highest BCUT2D eigenvalue weighted by Crippen LogP contribution is 2.59. The number of alkyl halides is 12. The summed E-state index contributed by atoms with van der Waals surface area (Å²) >= 11 is 0. The third-order valence-electron chi connectivity index (χ3n) is 2.80. The van der Waals surface area contributed by atoms with Gasteiger partial charge in [-0.05, 0) is 0 Å². The van der Waals surface area contributed by atoms with Crippen molar-refractivity contribution in [2.75, 3.05) is 0 Å². The largest absolute Gasteiger partial charge is 0.401 e. The molecule has 0 radical (unpaired) electrons. The van der Waals surface area contributed by atoms with Crippen molar-refractivity contribution in [1.29, 1.82) is 0 Å². The Balaban J connectivity index is 6.21. The van der Waals surface area contributed by atoms with Crippen LogP contribution in [0.4, 0.5) is 52.7 Å². The zero-order valence-electron chi connectivity index (χ0n) is 10.2. The van der Waals surface area contributed by atoms with Crippen LogP contribution in [0.5, 0.6) is 0 Å². The molecule has 0 spiro atoms. The van der Waals surface area contributed by atoms with E-state index < -0.39 is 42.0 Å². The Kier molecular flexibility index (Phi) is 4.91. The molecular weight excluding hydrogens is 336 g/mol. The summed E-state index contributed by atoms with van der Waals surface area (Å²) < 4.78 is 149. The van der Waals surface area contributed by atoms with Crippen LogP contribution in [-0.4, -0.2) is 24.7 Å². The third kappa shape index (κ3) is 4.56. The summed E-state index contributed by atoms with van der Waals surface area (Å²) in [5.41, 5.74) is -4.23. The average Bonchev–Trinajstić information content (AvgIpc) is 1.84. The van der Waals surface area contributed by atoms with Gasteiger partial charge in [0.1, 0.15) is 0 Å². The van der Waals surface area contributed by atoms with Crippen molar-refractivity contribution in [3.05, 3.63) is 0 Å². The Morgan fingerprint density at radius 1 is 0.429 bits per heavy atom. The van der Waals surface area contributed by atoms with Gasteiger partial charge in [-0.2, -0.15) is 52.7 Å². The van der Waals surface area contributed by atoms with E-state index in [9.17, 15) is 52.7 Å². The minimum absolute atomic E-state index is 0.357. The average molecular weight is 344 g/mol. The molecule has 0 bridgehead atoms. The molecule has 0 nitrogen and oxygen atoms in total. The lowest BCUT2D eigenvalue weighted by Crippen LogP contribution is -2.56. The van der Waals surface area contributed by atoms with Gasteiger partial charge in [0.15, 0.2) is 11.8 Å². The molecule has 0 amide bonds. The zero-order chi connectivity index (χ0) is 17.7. The molecule has 0 aliphatic rings. The topological polar surface area (TPSA) is 0 Å². The van der Waals surface area contributed by atoms with Crippen LogP contribution in [0.25, 0.3) is 0 Å². The molecule has 0 saturated heterocycles. The first-order chi connectivity index (χ1) is 8.73. The van der Waals surface area contributed by atoms with Gasteiger partial charge in [-0.1, -0.05) is 13.8 Å². The van der Waals surface area contributed by atoms with Crippen molar-refractivity contribution in [2.24, 2.45) is 17.3 Å². The molecule has 128 valence electrons. The maximum absolute atomic E-state index is 12.4. The number of halogens is 12.